The third-order valence-corrected chi connectivity index (χ3v) is 4.56. The summed E-state index contributed by atoms with van der Waals surface area (Å²) in [4.78, 5) is 14.9. The standard InChI is InChI=1S/C20H20F2N6O/c21-14-3-1-13(2-4-14)17-11-28(9-10-29-17)12-18-25-19(23)27-20(26-18)24-16-7-5-15(22)6-8-16/h1-8,17H,9-12H2,(H3,23,24,25,26,27)/t17-/m0/s1. The van der Waals surface area contributed by atoms with Crippen LogP contribution in [0.5, 0.6) is 0 Å². The topological polar surface area (TPSA) is 89.2 Å². The summed E-state index contributed by atoms with van der Waals surface area (Å²) in [5, 5.41) is 3.00. The molecule has 2 heterocycles. The van der Waals surface area contributed by atoms with Crippen LogP contribution in [0.4, 0.5) is 26.4 Å². The highest BCUT2D eigenvalue weighted by Crippen LogP contribution is 2.23. The van der Waals surface area contributed by atoms with Crippen molar-refractivity contribution in [2.75, 3.05) is 30.7 Å². The molecule has 4 rings (SSSR count). The molecule has 1 saturated heterocycles. The first-order valence-corrected chi connectivity index (χ1v) is 9.17. The van der Waals surface area contributed by atoms with Crippen LogP contribution in [0.3, 0.4) is 0 Å². The lowest BCUT2D eigenvalue weighted by atomic mass is 10.1. The van der Waals surface area contributed by atoms with Gasteiger partial charge in [-0.1, -0.05) is 12.1 Å². The van der Waals surface area contributed by atoms with Crippen LogP contribution >= 0.6 is 0 Å². The van der Waals surface area contributed by atoms with Gasteiger partial charge in [0.05, 0.1) is 19.3 Å². The number of nitrogens with two attached hydrogens (primary N) is 1. The SMILES string of the molecule is Nc1nc(CN2CCO[C@H](c3ccc(F)cc3)C2)nc(Nc2ccc(F)cc2)n1. The number of aromatic nitrogens is 3. The summed E-state index contributed by atoms with van der Waals surface area (Å²) < 4.78 is 32.0. The number of nitrogens with one attached hydrogen (secondary N) is 1. The maximum absolute atomic E-state index is 13.2. The third-order valence-electron chi connectivity index (χ3n) is 4.56. The molecule has 150 valence electrons. The monoisotopic (exact) mass is 398 g/mol. The minimum Gasteiger partial charge on any atom is -0.371 e. The van der Waals surface area contributed by atoms with E-state index in [4.69, 9.17) is 10.5 Å². The van der Waals surface area contributed by atoms with Gasteiger partial charge in [-0.25, -0.2) is 8.78 Å². The Morgan fingerprint density at radius 1 is 1.00 bits per heavy atom. The number of ether oxygens (including phenoxy) is 1. The average Bonchev–Trinajstić information content (AvgIpc) is 2.70. The number of anilines is 3. The molecule has 9 heteroatoms. The maximum Gasteiger partial charge on any atom is 0.232 e. The molecule has 0 aliphatic carbocycles. The van der Waals surface area contributed by atoms with Crippen LogP contribution in [0.25, 0.3) is 0 Å². The summed E-state index contributed by atoms with van der Waals surface area (Å²) in [7, 11) is 0. The van der Waals surface area contributed by atoms with Crippen molar-refractivity contribution in [1.29, 1.82) is 0 Å². The van der Waals surface area contributed by atoms with Crippen molar-refractivity contribution < 1.29 is 13.5 Å². The lowest BCUT2D eigenvalue weighted by Gasteiger charge is -2.32. The van der Waals surface area contributed by atoms with Crippen molar-refractivity contribution in [3.05, 3.63) is 71.6 Å². The zero-order valence-electron chi connectivity index (χ0n) is 15.6. The summed E-state index contributed by atoms with van der Waals surface area (Å²) in [5.41, 5.74) is 7.40. The summed E-state index contributed by atoms with van der Waals surface area (Å²) in [6.07, 6.45) is -0.152. The molecule has 1 fully saturated rings. The van der Waals surface area contributed by atoms with E-state index in [1.807, 2.05) is 0 Å². The Hall–Kier alpha value is -3.17. The Kier molecular flexibility index (Phi) is 5.59. The van der Waals surface area contributed by atoms with Crippen LogP contribution < -0.4 is 11.1 Å². The van der Waals surface area contributed by atoms with Gasteiger partial charge in [-0.3, -0.25) is 4.90 Å². The molecule has 1 aliphatic rings. The van der Waals surface area contributed by atoms with E-state index in [0.717, 1.165) is 5.56 Å². The first kappa shape index (κ1) is 19.2. The van der Waals surface area contributed by atoms with Crippen LogP contribution in [-0.4, -0.2) is 39.5 Å². The number of benzene rings is 2. The molecule has 3 N–H and O–H groups in total. The number of rotatable bonds is 5. The molecular formula is C20H20F2N6O. The van der Waals surface area contributed by atoms with Crippen molar-refractivity contribution >= 4 is 17.6 Å². The smallest absolute Gasteiger partial charge is 0.232 e. The molecule has 0 spiro atoms. The average molecular weight is 398 g/mol. The molecule has 0 unspecified atom stereocenters. The molecular weight excluding hydrogens is 378 g/mol. The number of morpholine rings is 1. The number of nitrogens with zero attached hydrogens (tertiary/aromatic N) is 4. The second kappa shape index (κ2) is 8.46. The Morgan fingerprint density at radius 3 is 2.41 bits per heavy atom. The van der Waals surface area contributed by atoms with Crippen molar-refractivity contribution in [3.8, 4) is 0 Å². The predicted octanol–water partition coefficient (Wildman–Crippen LogP) is 3.05. The minimum absolute atomic E-state index is 0.1000. The number of hydrogen-bond acceptors (Lipinski definition) is 7. The Morgan fingerprint density at radius 2 is 1.69 bits per heavy atom. The highest BCUT2D eigenvalue weighted by molar-refractivity contribution is 5.53. The van der Waals surface area contributed by atoms with Gasteiger partial charge < -0.3 is 15.8 Å². The first-order valence-electron chi connectivity index (χ1n) is 9.17. The number of halogens is 2. The summed E-state index contributed by atoms with van der Waals surface area (Å²) in [6, 6.07) is 12.2. The summed E-state index contributed by atoms with van der Waals surface area (Å²) in [5.74, 6) is 0.310. The van der Waals surface area contributed by atoms with E-state index >= 15 is 0 Å². The van der Waals surface area contributed by atoms with Gasteiger partial charge in [0, 0.05) is 18.8 Å². The van der Waals surface area contributed by atoms with Gasteiger partial charge in [-0.15, -0.1) is 0 Å². The second-order valence-corrected chi connectivity index (χ2v) is 6.71. The van der Waals surface area contributed by atoms with Crippen molar-refractivity contribution in [3.63, 3.8) is 0 Å². The second-order valence-electron chi connectivity index (χ2n) is 6.71. The molecule has 0 amide bonds. The van der Waals surface area contributed by atoms with Crippen LogP contribution in [0.1, 0.15) is 17.5 Å². The van der Waals surface area contributed by atoms with E-state index < -0.39 is 0 Å². The quantitative estimate of drug-likeness (QED) is 0.683. The molecule has 29 heavy (non-hydrogen) atoms. The molecule has 0 saturated carbocycles. The van der Waals surface area contributed by atoms with E-state index in [1.54, 1.807) is 24.3 Å². The first-order chi connectivity index (χ1) is 14.0. The van der Waals surface area contributed by atoms with E-state index in [1.165, 1.54) is 24.3 Å². The zero-order valence-corrected chi connectivity index (χ0v) is 15.6. The van der Waals surface area contributed by atoms with E-state index in [2.05, 4.69) is 25.2 Å². The highest BCUT2D eigenvalue weighted by Gasteiger charge is 2.23. The van der Waals surface area contributed by atoms with Crippen LogP contribution in [0.2, 0.25) is 0 Å². The zero-order chi connectivity index (χ0) is 20.2. The van der Waals surface area contributed by atoms with E-state index in [0.29, 0.717) is 43.7 Å². The van der Waals surface area contributed by atoms with Gasteiger partial charge in [0.1, 0.15) is 17.5 Å². The van der Waals surface area contributed by atoms with Crippen LogP contribution in [0, 0.1) is 11.6 Å². The number of hydrogen-bond donors (Lipinski definition) is 2. The molecule has 1 aromatic heterocycles. The third kappa shape index (κ3) is 5.01. The fourth-order valence-corrected chi connectivity index (χ4v) is 3.15. The predicted molar refractivity (Wildman–Crippen MR) is 104 cm³/mol. The fraction of sp³-hybridized carbons (Fsp3) is 0.250. The van der Waals surface area contributed by atoms with Gasteiger partial charge >= 0.3 is 0 Å². The molecule has 0 bridgehead atoms. The van der Waals surface area contributed by atoms with Gasteiger partial charge in [0.25, 0.3) is 0 Å². The van der Waals surface area contributed by atoms with E-state index in [9.17, 15) is 8.78 Å². The maximum atomic E-state index is 13.2. The van der Waals surface area contributed by atoms with Crippen LogP contribution in [-0.2, 0) is 11.3 Å². The fourth-order valence-electron chi connectivity index (χ4n) is 3.15. The van der Waals surface area contributed by atoms with Gasteiger partial charge in [0.2, 0.25) is 11.9 Å². The van der Waals surface area contributed by atoms with Crippen molar-refractivity contribution in [2.24, 2.45) is 0 Å². The van der Waals surface area contributed by atoms with Gasteiger partial charge in [-0.05, 0) is 42.0 Å². The Balaban J connectivity index is 1.45. The largest absolute Gasteiger partial charge is 0.371 e. The molecule has 2 aromatic carbocycles. The Bertz CT molecular complexity index is 968. The summed E-state index contributed by atoms with van der Waals surface area (Å²) in [6.45, 7) is 2.34. The van der Waals surface area contributed by atoms with E-state index in [-0.39, 0.29) is 23.7 Å². The highest BCUT2D eigenvalue weighted by atomic mass is 19.1. The summed E-state index contributed by atoms with van der Waals surface area (Å²) >= 11 is 0. The van der Waals surface area contributed by atoms with Gasteiger partial charge in [-0.2, -0.15) is 15.0 Å². The molecule has 3 aromatic rings. The molecule has 1 aliphatic heterocycles. The normalized spacial score (nSPS) is 17.2. The molecule has 1 atom stereocenters. The molecule has 7 nitrogen and oxygen atoms in total. The van der Waals surface area contributed by atoms with Crippen molar-refractivity contribution in [2.45, 2.75) is 12.6 Å². The number of nitrogen functional groups attached to an aromatic ring is 1. The lowest BCUT2D eigenvalue weighted by molar-refractivity contribution is -0.0336. The lowest BCUT2D eigenvalue weighted by Crippen LogP contribution is -2.38. The Labute approximate surface area is 166 Å². The van der Waals surface area contributed by atoms with Crippen molar-refractivity contribution in [1.82, 2.24) is 19.9 Å². The van der Waals surface area contributed by atoms with Gasteiger partial charge in [0.15, 0.2) is 0 Å². The minimum atomic E-state index is -0.325. The molecule has 0 radical (unpaired) electrons. The van der Waals surface area contributed by atoms with Crippen LogP contribution in [0.15, 0.2) is 48.5 Å².